The highest BCUT2D eigenvalue weighted by molar-refractivity contribution is 6.22. The highest BCUT2D eigenvalue weighted by Crippen LogP contribution is 2.31. The first-order valence-electron chi connectivity index (χ1n) is 6.34. The molecule has 0 bridgehead atoms. The van der Waals surface area contributed by atoms with Crippen LogP contribution in [0, 0.1) is 10.1 Å². The summed E-state index contributed by atoms with van der Waals surface area (Å²) in [6.07, 6.45) is 0. The van der Waals surface area contributed by atoms with Crippen LogP contribution in [-0.2, 0) is 0 Å². The first-order valence-corrected chi connectivity index (χ1v) is 6.34. The van der Waals surface area contributed by atoms with Crippen molar-refractivity contribution in [3.8, 4) is 0 Å². The van der Waals surface area contributed by atoms with E-state index >= 15 is 0 Å². The molecule has 1 atom stereocenters. The largest absolute Gasteiger partial charge is 0.393 e. The number of hydrogen-bond acceptors (Lipinski definition) is 6. The average Bonchev–Trinajstić information content (AvgIpc) is 2.62. The minimum atomic E-state index is -0.668. The third-order valence-electron chi connectivity index (χ3n) is 3.64. The van der Waals surface area contributed by atoms with E-state index in [0.29, 0.717) is 0 Å². The second kappa shape index (κ2) is 5.13. The Morgan fingerprint density at radius 2 is 1.81 bits per heavy atom. The van der Waals surface area contributed by atoms with Crippen molar-refractivity contribution in [1.82, 2.24) is 9.80 Å². The summed E-state index contributed by atoms with van der Waals surface area (Å²) < 4.78 is 0. The molecule has 112 valence electrons. The van der Waals surface area contributed by atoms with E-state index in [-0.39, 0.29) is 35.1 Å². The molecule has 1 aromatic carbocycles. The van der Waals surface area contributed by atoms with Crippen molar-refractivity contribution in [1.29, 1.82) is 0 Å². The minimum absolute atomic E-state index is 0.0282. The molecule has 0 aromatic heterocycles. The fourth-order valence-corrected chi connectivity index (χ4v) is 2.09. The summed E-state index contributed by atoms with van der Waals surface area (Å²) in [5, 5.41) is 10.9. The lowest BCUT2D eigenvalue weighted by atomic mass is 10.1. The summed E-state index contributed by atoms with van der Waals surface area (Å²) in [6, 6.07) is 2.25. The summed E-state index contributed by atoms with van der Waals surface area (Å²) in [4.78, 5) is 37.7. The molecule has 1 aliphatic heterocycles. The van der Waals surface area contributed by atoms with Crippen LogP contribution in [0.5, 0.6) is 0 Å². The highest BCUT2D eigenvalue weighted by Gasteiger charge is 2.38. The van der Waals surface area contributed by atoms with Gasteiger partial charge in [-0.2, -0.15) is 0 Å². The Kier molecular flexibility index (Phi) is 3.65. The van der Waals surface area contributed by atoms with E-state index in [1.807, 2.05) is 25.9 Å². The molecule has 2 rings (SSSR count). The first-order chi connectivity index (χ1) is 9.73. The van der Waals surface area contributed by atoms with Gasteiger partial charge >= 0.3 is 0 Å². The maximum Gasteiger partial charge on any atom is 0.292 e. The molecule has 0 radical (unpaired) electrons. The summed E-state index contributed by atoms with van der Waals surface area (Å²) in [6.45, 7) is 2.09. The van der Waals surface area contributed by atoms with Gasteiger partial charge in [-0.3, -0.25) is 24.6 Å². The Morgan fingerprint density at radius 1 is 1.29 bits per heavy atom. The third-order valence-corrected chi connectivity index (χ3v) is 3.64. The number of anilines is 1. The van der Waals surface area contributed by atoms with Gasteiger partial charge in [0.1, 0.15) is 5.69 Å². The van der Waals surface area contributed by atoms with Gasteiger partial charge < -0.3 is 10.6 Å². The number of nitrogens with two attached hydrogens (primary N) is 1. The molecule has 1 aromatic rings. The zero-order valence-electron chi connectivity index (χ0n) is 12.0. The van der Waals surface area contributed by atoms with Crippen LogP contribution < -0.4 is 5.73 Å². The van der Waals surface area contributed by atoms with Gasteiger partial charge in [-0.05, 0) is 27.1 Å². The maximum absolute atomic E-state index is 12.3. The van der Waals surface area contributed by atoms with Crippen molar-refractivity contribution in [2.75, 3.05) is 26.4 Å². The number of nitrogen functional groups attached to an aromatic ring is 1. The van der Waals surface area contributed by atoms with Crippen molar-refractivity contribution >= 4 is 23.2 Å². The first kappa shape index (κ1) is 14.9. The predicted molar refractivity (Wildman–Crippen MR) is 76.0 cm³/mol. The molecule has 2 amide bonds. The molecule has 8 heteroatoms. The van der Waals surface area contributed by atoms with Gasteiger partial charge in [0.05, 0.1) is 16.1 Å². The van der Waals surface area contributed by atoms with Crippen LogP contribution in [0.3, 0.4) is 0 Å². The smallest absolute Gasteiger partial charge is 0.292 e. The third kappa shape index (κ3) is 2.45. The molecule has 0 aliphatic carbocycles. The molecule has 8 nitrogen and oxygen atoms in total. The molecule has 0 saturated carbocycles. The number of benzene rings is 1. The second-order valence-electron chi connectivity index (χ2n) is 5.25. The van der Waals surface area contributed by atoms with Crippen molar-refractivity contribution in [3.63, 3.8) is 0 Å². The lowest BCUT2D eigenvalue weighted by Crippen LogP contribution is -2.41. The van der Waals surface area contributed by atoms with E-state index in [1.165, 1.54) is 6.07 Å². The van der Waals surface area contributed by atoms with Gasteiger partial charge in [-0.15, -0.1) is 0 Å². The van der Waals surface area contributed by atoms with Crippen molar-refractivity contribution < 1.29 is 14.5 Å². The predicted octanol–water partition coefficient (Wildman–Crippen LogP) is 0.723. The lowest BCUT2D eigenvalue weighted by molar-refractivity contribution is -0.383. The number of imide groups is 1. The maximum atomic E-state index is 12.3. The van der Waals surface area contributed by atoms with E-state index < -0.39 is 16.7 Å². The number of carbonyl (C=O) groups is 2. The number of carbonyl (C=O) groups excluding carboxylic acids is 2. The van der Waals surface area contributed by atoms with E-state index in [2.05, 4.69) is 0 Å². The van der Waals surface area contributed by atoms with Crippen LogP contribution in [0.2, 0.25) is 0 Å². The topological polar surface area (TPSA) is 110 Å². The van der Waals surface area contributed by atoms with Gasteiger partial charge in [-0.1, -0.05) is 0 Å². The van der Waals surface area contributed by atoms with E-state index in [4.69, 9.17) is 5.73 Å². The van der Waals surface area contributed by atoms with Gasteiger partial charge in [0.15, 0.2) is 0 Å². The molecule has 21 heavy (non-hydrogen) atoms. The minimum Gasteiger partial charge on any atom is -0.393 e. The molecule has 1 heterocycles. The summed E-state index contributed by atoms with van der Waals surface area (Å²) in [7, 11) is 3.68. The van der Waals surface area contributed by atoms with Gasteiger partial charge in [0.2, 0.25) is 0 Å². The molecule has 0 fully saturated rings. The normalized spacial score (nSPS) is 15.5. The zero-order valence-corrected chi connectivity index (χ0v) is 12.0. The molecule has 0 unspecified atom stereocenters. The fraction of sp³-hybridized carbons (Fsp3) is 0.385. The highest BCUT2D eigenvalue weighted by atomic mass is 16.6. The number of rotatable bonds is 4. The number of nitro groups is 1. The van der Waals surface area contributed by atoms with Crippen LogP contribution in [0.15, 0.2) is 12.1 Å². The SMILES string of the molecule is C[C@@H](CN1C(=O)c2cc(N)c([N+](=O)[O-])cc2C1=O)N(C)C. The van der Waals surface area contributed by atoms with Crippen molar-refractivity contribution in [2.45, 2.75) is 13.0 Å². The number of amides is 2. The lowest BCUT2D eigenvalue weighted by Gasteiger charge is -2.24. The molecular weight excluding hydrogens is 276 g/mol. The Balaban J connectivity index is 2.40. The van der Waals surface area contributed by atoms with Gasteiger partial charge in [-0.25, -0.2) is 0 Å². The van der Waals surface area contributed by atoms with Crippen LogP contribution in [0.25, 0.3) is 0 Å². The van der Waals surface area contributed by atoms with Crippen molar-refractivity contribution in [2.24, 2.45) is 0 Å². The number of hydrogen-bond donors (Lipinski definition) is 1. The van der Waals surface area contributed by atoms with E-state index in [1.54, 1.807) is 0 Å². The fourth-order valence-electron chi connectivity index (χ4n) is 2.09. The number of likely N-dealkylation sites (N-methyl/N-ethyl adjacent to an activating group) is 1. The second-order valence-corrected chi connectivity index (χ2v) is 5.25. The summed E-state index contributed by atoms with van der Waals surface area (Å²) in [5.74, 6) is -0.989. The average molecular weight is 292 g/mol. The monoisotopic (exact) mass is 292 g/mol. The number of nitrogens with zero attached hydrogens (tertiary/aromatic N) is 3. The number of fused-ring (bicyclic) bond motifs is 1. The van der Waals surface area contributed by atoms with E-state index in [9.17, 15) is 19.7 Å². The molecular formula is C13H16N4O4. The van der Waals surface area contributed by atoms with E-state index in [0.717, 1.165) is 11.0 Å². The molecule has 2 N–H and O–H groups in total. The molecule has 0 saturated heterocycles. The molecule has 0 spiro atoms. The number of nitro benzene ring substituents is 1. The molecule has 1 aliphatic rings. The van der Waals surface area contributed by atoms with Crippen LogP contribution in [0.1, 0.15) is 27.6 Å². The van der Waals surface area contributed by atoms with Gasteiger partial charge in [0, 0.05) is 18.7 Å². The Labute approximate surface area is 121 Å². The summed E-state index contributed by atoms with van der Waals surface area (Å²) >= 11 is 0. The van der Waals surface area contributed by atoms with Gasteiger partial charge in [0.25, 0.3) is 17.5 Å². The Bertz CT molecular complexity index is 641. The van der Waals surface area contributed by atoms with Crippen LogP contribution in [-0.4, -0.2) is 53.2 Å². The summed E-state index contributed by atoms with van der Waals surface area (Å²) in [5.41, 5.74) is 5.23. The van der Waals surface area contributed by atoms with Crippen LogP contribution in [0.4, 0.5) is 11.4 Å². The van der Waals surface area contributed by atoms with Crippen molar-refractivity contribution in [3.05, 3.63) is 33.4 Å². The van der Waals surface area contributed by atoms with Crippen LogP contribution >= 0.6 is 0 Å². The Morgan fingerprint density at radius 3 is 2.29 bits per heavy atom. The Hall–Kier alpha value is -2.48. The quantitative estimate of drug-likeness (QED) is 0.379. The zero-order chi connectivity index (χ0) is 15.9. The standard InChI is InChI=1S/C13H16N4O4/c1-7(15(2)3)6-16-12(18)8-4-10(14)11(17(20)21)5-9(8)13(16)19/h4-5,7H,6,14H2,1-3H3/t7-/m0/s1.